The minimum Gasteiger partial charge on any atom is -0.394 e. The Morgan fingerprint density at radius 1 is 1.50 bits per heavy atom. The molecule has 0 spiro atoms. The Balaban J connectivity index is 3.30. The van der Waals surface area contributed by atoms with E-state index in [4.69, 9.17) is 10.2 Å². The molecule has 0 aromatic carbocycles. The topological polar surface area (TPSA) is 83.8 Å². The molecule has 0 rings (SSSR count). The van der Waals surface area contributed by atoms with E-state index in [2.05, 4.69) is 4.74 Å². The Hall–Kier alpha value is -0.220. The van der Waals surface area contributed by atoms with Gasteiger partial charge in [0.25, 0.3) is 0 Å². The van der Waals surface area contributed by atoms with Crippen LogP contribution in [-0.2, 0) is 13.9 Å². The van der Waals surface area contributed by atoms with Crippen LogP contribution in [0.4, 0.5) is 0 Å². The van der Waals surface area contributed by atoms with Gasteiger partial charge in [-0.2, -0.15) is 0 Å². The largest absolute Gasteiger partial charge is 0.394 e. The zero-order valence-electron chi connectivity index (χ0n) is 5.27. The van der Waals surface area contributed by atoms with E-state index in [0.29, 0.717) is 0 Å². The van der Waals surface area contributed by atoms with Crippen molar-refractivity contribution in [3.8, 4) is 0 Å². The number of aliphatic hydroxyl groups excluding tert-OH is 2. The third-order valence-electron chi connectivity index (χ3n) is 0.746. The molecule has 0 bridgehead atoms. The summed E-state index contributed by atoms with van der Waals surface area (Å²) < 4.78 is 24.4. The standard InChI is InChI=1S/C4H9O5P/c5-1-2-9-3-4(6)10(7)8/h4-6H,1-3H2. The van der Waals surface area contributed by atoms with Crippen LogP contribution in [0.1, 0.15) is 0 Å². The van der Waals surface area contributed by atoms with Crippen LogP contribution in [0.15, 0.2) is 0 Å². The Bertz CT molecular complexity index is 135. The van der Waals surface area contributed by atoms with Gasteiger partial charge in [0.15, 0.2) is 5.85 Å². The molecule has 0 fully saturated rings. The normalized spacial score (nSPS) is 13.0. The van der Waals surface area contributed by atoms with Crippen LogP contribution >= 0.6 is 7.68 Å². The SMILES string of the molecule is O=P(=O)C(O)COCCO. The average Bonchev–Trinajstić information content (AvgIpc) is 1.88. The Morgan fingerprint density at radius 2 is 2.10 bits per heavy atom. The first-order chi connectivity index (χ1) is 4.68. The smallest absolute Gasteiger partial charge is 0.347 e. The minimum absolute atomic E-state index is 0.0419. The molecule has 1 atom stereocenters. The van der Waals surface area contributed by atoms with Crippen molar-refractivity contribution in [2.75, 3.05) is 19.8 Å². The molecule has 0 amide bonds. The lowest BCUT2D eigenvalue weighted by Crippen LogP contribution is -2.11. The lowest BCUT2D eigenvalue weighted by molar-refractivity contribution is 0.0500. The van der Waals surface area contributed by atoms with E-state index in [1.807, 2.05) is 0 Å². The molecule has 1 unspecified atom stereocenters. The molecule has 0 saturated heterocycles. The fourth-order valence-electron chi connectivity index (χ4n) is 0.314. The highest BCUT2D eigenvalue weighted by Crippen LogP contribution is 2.10. The summed E-state index contributed by atoms with van der Waals surface area (Å²) in [5, 5.41) is 16.7. The van der Waals surface area contributed by atoms with E-state index < -0.39 is 13.5 Å². The summed E-state index contributed by atoms with van der Waals surface area (Å²) in [5.41, 5.74) is 0. The van der Waals surface area contributed by atoms with E-state index in [9.17, 15) is 9.13 Å². The Kier molecular flexibility index (Phi) is 5.43. The maximum atomic E-state index is 9.94. The molecule has 5 nitrogen and oxygen atoms in total. The van der Waals surface area contributed by atoms with Gasteiger partial charge in [-0.1, -0.05) is 0 Å². The van der Waals surface area contributed by atoms with Crippen LogP contribution in [0.5, 0.6) is 0 Å². The second kappa shape index (κ2) is 5.56. The number of ether oxygens (including phenoxy) is 1. The third-order valence-corrected chi connectivity index (χ3v) is 1.38. The summed E-state index contributed by atoms with van der Waals surface area (Å²) in [6.45, 7) is -0.415. The van der Waals surface area contributed by atoms with Crippen LogP contribution < -0.4 is 0 Å². The fourth-order valence-corrected chi connectivity index (χ4v) is 0.541. The van der Waals surface area contributed by atoms with Crippen molar-refractivity contribution in [2.24, 2.45) is 0 Å². The van der Waals surface area contributed by atoms with Gasteiger partial charge in [0.1, 0.15) is 0 Å². The van der Waals surface area contributed by atoms with Crippen molar-refractivity contribution in [3.05, 3.63) is 0 Å². The lowest BCUT2D eigenvalue weighted by atomic mass is 10.7. The minimum atomic E-state index is -2.83. The first-order valence-electron chi connectivity index (χ1n) is 2.68. The molecule has 0 aromatic heterocycles. The molecular weight excluding hydrogens is 159 g/mol. The number of hydrogen-bond donors (Lipinski definition) is 2. The van der Waals surface area contributed by atoms with E-state index in [0.717, 1.165) is 0 Å². The van der Waals surface area contributed by atoms with Crippen molar-refractivity contribution in [1.82, 2.24) is 0 Å². The lowest BCUT2D eigenvalue weighted by Gasteiger charge is -2.00. The number of aliphatic hydroxyl groups is 2. The number of rotatable bonds is 5. The zero-order valence-corrected chi connectivity index (χ0v) is 6.16. The van der Waals surface area contributed by atoms with E-state index in [1.54, 1.807) is 0 Å². The summed E-state index contributed by atoms with van der Waals surface area (Å²) in [7, 11) is -2.83. The Morgan fingerprint density at radius 3 is 2.50 bits per heavy atom. The highest BCUT2D eigenvalue weighted by Gasteiger charge is 2.08. The van der Waals surface area contributed by atoms with Gasteiger partial charge < -0.3 is 14.9 Å². The van der Waals surface area contributed by atoms with Crippen molar-refractivity contribution < 1.29 is 24.1 Å². The molecule has 0 radical (unpaired) electrons. The third kappa shape index (κ3) is 4.64. The van der Waals surface area contributed by atoms with Crippen molar-refractivity contribution in [3.63, 3.8) is 0 Å². The van der Waals surface area contributed by atoms with E-state index >= 15 is 0 Å². The van der Waals surface area contributed by atoms with Gasteiger partial charge >= 0.3 is 7.68 Å². The predicted octanol–water partition coefficient (Wildman–Crippen LogP) is -0.513. The van der Waals surface area contributed by atoms with E-state index in [1.165, 1.54) is 0 Å². The zero-order chi connectivity index (χ0) is 7.98. The quantitative estimate of drug-likeness (QED) is 0.426. The summed E-state index contributed by atoms with van der Waals surface area (Å²) in [6, 6.07) is 0. The Labute approximate surface area is 58.4 Å². The van der Waals surface area contributed by atoms with Crippen LogP contribution in [0.3, 0.4) is 0 Å². The monoisotopic (exact) mass is 168 g/mol. The van der Waals surface area contributed by atoms with Gasteiger partial charge in [0.2, 0.25) is 0 Å². The van der Waals surface area contributed by atoms with E-state index in [-0.39, 0.29) is 19.8 Å². The van der Waals surface area contributed by atoms with Gasteiger partial charge in [-0.25, -0.2) is 9.13 Å². The maximum absolute atomic E-state index is 9.94. The molecule has 0 saturated carbocycles. The molecule has 6 heteroatoms. The van der Waals surface area contributed by atoms with Crippen LogP contribution in [0, 0.1) is 0 Å². The summed E-state index contributed by atoms with van der Waals surface area (Å²) in [4.78, 5) is 0. The van der Waals surface area contributed by atoms with Crippen LogP contribution in [0.2, 0.25) is 0 Å². The molecule has 0 aromatic rings. The molecule has 0 aliphatic rings. The fraction of sp³-hybridized carbons (Fsp3) is 1.00. The molecule has 0 heterocycles. The number of hydrogen-bond acceptors (Lipinski definition) is 5. The van der Waals surface area contributed by atoms with Crippen molar-refractivity contribution >= 4 is 7.68 Å². The van der Waals surface area contributed by atoms with Crippen LogP contribution in [0.25, 0.3) is 0 Å². The van der Waals surface area contributed by atoms with Gasteiger partial charge in [-0.05, 0) is 0 Å². The highest BCUT2D eigenvalue weighted by molar-refractivity contribution is 7.31. The summed E-state index contributed by atoms with van der Waals surface area (Å²) in [5.74, 6) is -1.46. The summed E-state index contributed by atoms with van der Waals surface area (Å²) >= 11 is 0. The van der Waals surface area contributed by atoms with Crippen LogP contribution in [-0.4, -0.2) is 35.9 Å². The van der Waals surface area contributed by atoms with Crippen molar-refractivity contribution in [1.29, 1.82) is 0 Å². The van der Waals surface area contributed by atoms with Gasteiger partial charge in [0.05, 0.1) is 19.8 Å². The molecule has 0 aliphatic heterocycles. The molecular formula is C4H9O5P. The second-order valence-electron chi connectivity index (χ2n) is 1.56. The van der Waals surface area contributed by atoms with Gasteiger partial charge in [0, 0.05) is 0 Å². The summed E-state index contributed by atoms with van der Waals surface area (Å²) in [6.07, 6.45) is 0. The van der Waals surface area contributed by atoms with Gasteiger partial charge in [-0.3, -0.25) is 0 Å². The molecule has 60 valence electrons. The first kappa shape index (κ1) is 9.78. The molecule has 0 aliphatic carbocycles. The maximum Gasteiger partial charge on any atom is 0.347 e. The average molecular weight is 168 g/mol. The molecule has 10 heavy (non-hydrogen) atoms. The molecule has 2 N–H and O–H groups in total. The highest BCUT2D eigenvalue weighted by atomic mass is 31.1. The first-order valence-corrected chi connectivity index (χ1v) is 3.93. The van der Waals surface area contributed by atoms with Gasteiger partial charge in [-0.15, -0.1) is 0 Å². The second-order valence-corrected chi connectivity index (χ2v) is 2.73. The van der Waals surface area contributed by atoms with Crippen molar-refractivity contribution in [2.45, 2.75) is 5.85 Å². The predicted molar refractivity (Wildman–Crippen MR) is 32.2 cm³/mol.